The van der Waals surface area contributed by atoms with E-state index >= 15 is 0 Å². The normalized spacial score (nSPS) is 26.0. The number of hydrogen-bond donors (Lipinski definition) is 2. The second-order valence-electron chi connectivity index (χ2n) is 4.04. The molecule has 1 saturated carbocycles. The second kappa shape index (κ2) is 2.48. The highest BCUT2D eigenvalue weighted by Gasteiger charge is 2.36. The fourth-order valence-electron chi connectivity index (χ4n) is 2.25. The van der Waals surface area contributed by atoms with E-state index < -0.39 is 0 Å². The van der Waals surface area contributed by atoms with Crippen molar-refractivity contribution in [1.29, 1.82) is 0 Å². The SMILES string of the molecule is Oc1cccc2c1CNC2C1CC1. The topological polar surface area (TPSA) is 32.3 Å². The van der Waals surface area contributed by atoms with Crippen molar-refractivity contribution < 1.29 is 5.11 Å². The second-order valence-corrected chi connectivity index (χ2v) is 4.04. The van der Waals surface area contributed by atoms with Gasteiger partial charge in [0, 0.05) is 18.2 Å². The fourth-order valence-corrected chi connectivity index (χ4v) is 2.25. The zero-order valence-corrected chi connectivity index (χ0v) is 7.46. The third kappa shape index (κ3) is 1.05. The number of phenolic OH excluding ortho intramolecular Hbond substituents is 1. The quantitative estimate of drug-likeness (QED) is 0.683. The van der Waals surface area contributed by atoms with Crippen LogP contribution in [0.2, 0.25) is 0 Å². The number of hydrogen-bond acceptors (Lipinski definition) is 2. The first-order valence-electron chi connectivity index (χ1n) is 4.90. The average Bonchev–Trinajstić information content (AvgIpc) is 2.87. The monoisotopic (exact) mass is 175 g/mol. The van der Waals surface area contributed by atoms with E-state index in [0.29, 0.717) is 11.8 Å². The predicted molar refractivity (Wildman–Crippen MR) is 50.4 cm³/mol. The first-order chi connectivity index (χ1) is 6.36. The van der Waals surface area contributed by atoms with Crippen LogP contribution in [0, 0.1) is 5.92 Å². The summed E-state index contributed by atoms with van der Waals surface area (Å²) in [7, 11) is 0. The zero-order chi connectivity index (χ0) is 8.84. The van der Waals surface area contributed by atoms with Gasteiger partial charge in [-0.25, -0.2) is 0 Å². The molecule has 2 N–H and O–H groups in total. The molecule has 1 aliphatic heterocycles. The molecule has 2 heteroatoms. The molecule has 68 valence electrons. The molecular formula is C11H13NO. The van der Waals surface area contributed by atoms with Crippen LogP contribution in [0.1, 0.15) is 30.0 Å². The van der Waals surface area contributed by atoms with Crippen LogP contribution in [0.25, 0.3) is 0 Å². The van der Waals surface area contributed by atoms with Gasteiger partial charge in [-0.05, 0) is 30.4 Å². The highest BCUT2D eigenvalue weighted by atomic mass is 16.3. The van der Waals surface area contributed by atoms with Gasteiger partial charge >= 0.3 is 0 Å². The molecule has 0 radical (unpaired) electrons. The highest BCUT2D eigenvalue weighted by Crippen LogP contribution is 2.45. The first-order valence-corrected chi connectivity index (χ1v) is 4.90. The predicted octanol–water partition coefficient (Wildman–Crippen LogP) is 1.95. The summed E-state index contributed by atoms with van der Waals surface area (Å²) >= 11 is 0. The lowest BCUT2D eigenvalue weighted by atomic mass is 10.0. The van der Waals surface area contributed by atoms with E-state index in [1.165, 1.54) is 18.4 Å². The van der Waals surface area contributed by atoms with E-state index in [1.54, 1.807) is 6.07 Å². The smallest absolute Gasteiger partial charge is 0.120 e. The minimum atomic E-state index is 0.452. The summed E-state index contributed by atoms with van der Waals surface area (Å²) in [5.74, 6) is 1.27. The lowest BCUT2D eigenvalue weighted by Gasteiger charge is -2.09. The van der Waals surface area contributed by atoms with Crippen molar-refractivity contribution in [3.8, 4) is 5.75 Å². The minimum Gasteiger partial charge on any atom is -0.508 e. The summed E-state index contributed by atoms with van der Waals surface area (Å²) < 4.78 is 0. The van der Waals surface area contributed by atoms with Crippen LogP contribution in [0.5, 0.6) is 5.75 Å². The van der Waals surface area contributed by atoms with Crippen molar-refractivity contribution in [2.45, 2.75) is 25.4 Å². The molecule has 1 unspecified atom stereocenters. The Morgan fingerprint density at radius 2 is 2.15 bits per heavy atom. The van der Waals surface area contributed by atoms with E-state index in [0.717, 1.165) is 18.0 Å². The van der Waals surface area contributed by atoms with E-state index in [1.807, 2.05) is 6.07 Å². The number of nitrogens with one attached hydrogen (secondary N) is 1. The standard InChI is InChI=1S/C11H13NO/c13-10-3-1-2-8-9(10)6-12-11(8)7-4-5-7/h1-3,7,11-13H,4-6H2. The molecular weight excluding hydrogens is 162 g/mol. The van der Waals surface area contributed by atoms with Crippen LogP contribution in [0.15, 0.2) is 18.2 Å². The molecule has 1 fully saturated rings. The number of benzene rings is 1. The summed E-state index contributed by atoms with van der Waals surface area (Å²) in [6.45, 7) is 0.836. The fraction of sp³-hybridized carbons (Fsp3) is 0.455. The van der Waals surface area contributed by atoms with Gasteiger partial charge in [-0.3, -0.25) is 0 Å². The molecule has 0 amide bonds. The Hall–Kier alpha value is -1.02. The number of fused-ring (bicyclic) bond motifs is 1. The Labute approximate surface area is 77.6 Å². The molecule has 1 aromatic rings. The summed E-state index contributed by atoms with van der Waals surface area (Å²) in [6.07, 6.45) is 2.68. The Morgan fingerprint density at radius 1 is 1.31 bits per heavy atom. The molecule has 0 aromatic heterocycles. The molecule has 1 atom stereocenters. The summed E-state index contributed by atoms with van der Waals surface area (Å²) in [6, 6.07) is 6.37. The van der Waals surface area contributed by atoms with Crippen LogP contribution < -0.4 is 5.32 Å². The van der Waals surface area contributed by atoms with Gasteiger partial charge in [0.05, 0.1) is 0 Å². The van der Waals surface area contributed by atoms with Crippen LogP contribution in [-0.4, -0.2) is 5.11 Å². The van der Waals surface area contributed by atoms with Gasteiger partial charge < -0.3 is 10.4 Å². The van der Waals surface area contributed by atoms with Crippen molar-refractivity contribution in [2.75, 3.05) is 0 Å². The maximum absolute atomic E-state index is 9.61. The first kappa shape index (κ1) is 7.39. The van der Waals surface area contributed by atoms with Crippen molar-refractivity contribution >= 4 is 0 Å². The van der Waals surface area contributed by atoms with Gasteiger partial charge in [0.15, 0.2) is 0 Å². The summed E-state index contributed by atoms with van der Waals surface area (Å²) in [4.78, 5) is 0. The maximum atomic E-state index is 9.61. The molecule has 1 aliphatic carbocycles. The van der Waals surface area contributed by atoms with Crippen LogP contribution >= 0.6 is 0 Å². The van der Waals surface area contributed by atoms with Gasteiger partial charge in [-0.15, -0.1) is 0 Å². The number of rotatable bonds is 1. The van der Waals surface area contributed by atoms with Crippen molar-refractivity contribution in [2.24, 2.45) is 5.92 Å². The van der Waals surface area contributed by atoms with Crippen LogP contribution in [-0.2, 0) is 6.54 Å². The average molecular weight is 175 g/mol. The van der Waals surface area contributed by atoms with Gasteiger partial charge in [0.25, 0.3) is 0 Å². The lowest BCUT2D eigenvalue weighted by molar-refractivity contribution is 0.467. The third-order valence-electron chi connectivity index (χ3n) is 3.11. The van der Waals surface area contributed by atoms with E-state index in [4.69, 9.17) is 0 Å². The van der Waals surface area contributed by atoms with Crippen LogP contribution in [0.3, 0.4) is 0 Å². The Morgan fingerprint density at radius 3 is 2.92 bits per heavy atom. The van der Waals surface area contributed by atoms with Gasteiger partial charge in [0.1, 0.15) is 5.75 Å². The highest BCUT2D eigenvalue weighted by molar-refractivity contribution is 5.44. The molecule has 0 spiro atoms. The molecule has 0 saturated heterocycles. The van der Waals surface area contributed by atoms with Crippen LogP contribution in [0.4, 0.5) is 0 Å². The largest absolute Gasteiger partial charge is 0.508 e. The van der Waals surface area contributed by atoms with E-state index in [2.05, 4.69) is 11.4 Å². The third-order valence-corrected chi connectivity index (χ3v) is 3.11. The van der Waals surface area contributed by atoms with E-state index in [9.17, 15) is 5.11 Å². The molecule has 1 aromatic carbocycles. The molecule has 2 aliphatic rings. The lowest BCUT2D eigenvalue weighted by Crippen LogP contribution is -2.13. The van der Waals surface area contributed by atoms with Crippen molar-refractivity contribution in [3.63, 3.8) is 0 Å². The van der Waals surface area contributed by atoms with Gasteiger partial charge in [-0.2, -0.15) is 0 Å². The van der Waals surface area contributed by atoms with Gasteiger partial charge in [-0.1, -0.05) is 12.1 Å². The molecule has 0 bridgehead atoms. The Balaban J connectivity index is 2.05. The van der Waals surface area contributed by atoms with Gasteiger partial charge in [0.2, 0.25) is 0 Å². The Bertz CT molecular complexity index is 344. The van der Waals surface area contributed by atoms with Crippen molar-refractivity contribution in [3.05, 3.63) is 29.3 Å². The minimum absolute atomic E-state index is 0.452. The summed E-state index contributed by atoms with van der Waals surface area (Å²) in [5.41, 5.74) is 2.43. The summed E-state index contributed by atoms with van der Waals surface area (Å²) in [5, 5.41) is 13.1. The van der Waals surface area contributed by atoms with Crippen molar-refractivity contribution in [1.82, 2.24) is 5.32 Å². The Kier molecular flexibility index (Phi) is 1.41. The molecule has 1 heterocycles. The van der Waals surface area contributed by atoms with E-state index in [-0.39, 0.29) is 0 Å². The molecule has 2 nitrogen and oxygen atoms in total. The maximum Gasteiger partial charge on any atom is 0.120 e. The molecule has 3 rings (SSSR count). The number of phenols is 1. The molecule has 13 heavy (non-hydrogen) atoms. The number of aromatic hydroxyl groups is 1. The zero-order valence-electron chi connectivity index (χ0n) is 7.46.